The maximum Gasteiger partial charge on any atom is 0.132 e. The second-order valence-electron chi connectivity index (χ2n) is 6.10. The molecule has 0 aromatic heterocycles. The first-order valence-electron chi connectivity index (χ1n) is 9.00. The van der Waals surface area contributed by atoms with Crippen molar-refractivity contribution in [2.24, 2.45) is 5.92 Å². The Labute approximate surface area is 137 Å². The predicted octanol–water partition coefficient (Wildman–Crippen LogP) is 4.01. The van der Waals surface area contributed by atoms with Crippen molar-refractivity contribution in [1.82, 2.24) is 0 Å². The fourth-order valence-electron chi connectivity index (χ4n) is 3.48. The van der Waals surface area contributed by atoms with Gasteiger partial charge in [-0.2, -0.15) is 0 Å². The van der Waals surface area contributed by atoms with Gasteiger partial charge in [0.1, 0.15) is 11.4 Å². The second kappa shape index (κ2) is 8.99. The van der Waals surface area contributed by atoms with Gasteiger partial charge in [-0.25, -0.2) is 0 Å². The zero-order valence-corrected chi connectivity index (χ0v) is 15.2. The van der Waals surface area contributed by atoms with E-state index in [4.69, 9.17) is 14.2 Å². The molecule has 3 aliphatic rings. The maximum atomic E-state index is 11.4. The minimum atomic E-state index is -0.220. The highest BCUT2D eigenvalue weighted by Crippen LogP contribution is 2.45. The van der Waals surface area contributed by atoms with E-state index in [-0.39, 0.29) is 37.0 Å². The monoisotopic (exact) mass is 316 g/mol. The third-order valence-corrected chi connectivity index (χ3v) is 4.63. The van der Waals surface area contributed by atoms with E-state index in [0.717, 1.165) is 25.7 Å². The lowest BCUT2D eigenvalue weighted by molar-refractivity contribution is -0.187. The van der Waals surface area contributed by atoms with Crippen LogP contribution in [-0.2, 0) is 19.0 Å². The summed E-state index contributed by atoms with van der Waals surface area (Å²) in [5, 5.41) is 0. The third kappa shape index (κ3) is 4.30. The number of carbonyl (C=O) groups excluding carboxylic acids is 1. The van der Waals surface area contributed by atoms with E-state index in [2.05, 4.69) is 0 Å². The average molecular weight is 316 g/mol. The fourth-order valence-corrected chi connectivity index (χ4v) is 3.48. The molecule has 3 heterocycles. The van der Waals surface area contributed by atoms with Gasteiger partial charge in [0.05, 0.1) is 31.5 Å². The van der Waals surface area contributed by atoms with Gasteiger partial charge in [0.25, 0.3) is 0 Å². The summed E-state index contributed by atoms with van der Waals surface area (Å²) < 4.78 is 17.9. The van der Waals surface area contributed by atoms with Crippen LogP contribution in [0.3, 0.4) is 0 Å². The van der Waals surface area contributed by atoms with Gasteiger partial charge in [0.15, 0.2) is 0 Å². The lowest BCUT2D eigenvalue weighted by Crippen LogP contribution is -2.53. The first kappa shape index (κ1) is 19.6. The van der Waals surface area contributed by atoms with Gasteiger partial charge in [0, 0.05) is 13.8 Å². The molecule has 3 saturated heterocycles. The van der Waals surface area contributed by atoms with Crippen molar-refractivity contribution >= 4 is 5.78 Å². The topological polar surface area (TPSA) is 44.8 Å². The Kier molecular flexibility index (Phi) is 8.01. The number of Topliss-reactive ketones (excluding diaryl/α,β-unsaturated/α-hetero) is 1. The van der Waals surface area contributed by atoms with E-state index in [0.29, 0.717) is 13.2 Å². The van der Waals surface area contributed by atoms with Crippen molar-refractivity contribution in [2.75, 3.05) is 13.2 Å². The summed E-state index contributed by atoms with van der Waals surface area (Å²) in [6, 6.07) is 0. The molecule has 3 rings (SSSR count). The molecule has 5 atom stereocenters. The lowest BCUT2D eigenvalue weighted by atomic mass is 9.84. The molecule has 22 heavy (non-hydrogen) atoms. The van der Waals surface area contributed by atoms with Gasteiger partial charge in [-0.05, 0) is 26.2 Å². The van der Waals surface area contributed by atoms with Crippen molar-refractivity contribution < 1.29 is 20.4 Å². The van der Waals surface area contributed by atoms with Gasteiger partial charge in [-0.1, -0.05) is 34.6 Å². The molecule has 0 amide bonds. The maximum absolute atomic E-state index is 11.4. The van der Waals surface area contributed by atoms with Crippen molar-refractivity contribution in [3.8, 4) is 0 Å². The van der Waals surface area contributed by atoms with Gasteiger partial charge >= 0.3 is 0 Å². The molecule has 3 fully saturated rings. The normalized spacial score (nSPS) is 36.9. The summed E-state index contributed by atoms with van der Waals surface area (Å²) in [7, 11) is 0. The predicted molar refractivity (Wildman–Crippen MR) is 90.2 cm³/mol. The molecule has 132 valence electrons. The number of fused-ring (bicyclic) bond motifs is 1. The summed E-state index contributed by atoms with van der Waals surface area (Å²) in [6.45, 7) is 13.0. The molecule has 0 radical (unpaired) electrons. The van der Waals surface area contributed by atoms with Crippen LogP contribution >= 0.6 is 0 Å². The smallest absolute Gasteiger partial charge is 0.132 e. The van der Waals surface area contributed by atoms with Crippen LogP contribution in [0, 0.1) is 5.92 Å². The molecule has 4 nitrogen and oxygen atoms in total. The summed E-state index contributed by atoms with van der Waals surface area (Å²) in [6.07, 6.45) is 4.43. The molecule has 2 bridgehead atoms. The van der Waals surface area contributed by atoms with Crippen LogP contribution in [0.1, 0.15) is 68.7 Å². The number of rotatable bonds is 3. The molecule has 0 aliphatic carbocycles. The molecule has 4 heteroatoms. The van der Waals surface area contributed by atoms with Gasteiger partial charge in [-0.3, -0.25) is 4.79 Å². The standard InChI is InChI=1S/C14H22O4.2C2H6.H2/c1-9(10(2)15)5-11-3-4-13-14(18-11)6-12(17-13)7-16-8-14;2*1-2;/h9,11-13H,3-8H2,1-2H3;2*1-2H3;1H/t9?,11-,12?,13?,14-;;;/m1.../s1. The summed E-state index contributed by atoms with van der Waals surface area (Å²) in [4.78, 5) is 11.4. The molecule has 0 aromatic rings. The summed E-state index contributed by atoms with van der Waals surface area (Å²) >= 11 is 0. The summed E-state index contributed by atoms with van der Waals surface area (Å²) in [5.74, 6) is 0.337. The van der Waals surface area contributed by atoms with E-state index in [1.54, 1.807) is 6.92 Å². The Balaban J connectivity index is 0.000000901. The largest absolute Gasteiger partial charge is 0.376 e. The molecular formula is C18H36O4. The average Bonchev–Trinajstić information content (AvgIpc) is 2.79. The molecule has 0 saturated carbocycles. The van der Waals surface area contributed by atoms with Crippen LogP contribution < -0.4 is 0 Å². The minimum absolute atomic E-state index is 0. The van der Waals surface area contributed by atoms with Crippen LogP contribution in [0.25, 0.3) is 0 Å². The van der Waals surface area contributed by atoms with Crippen LogP contribution in [0.2, 0.25) is 0 Å². The van der Waals surface area contributed by atoms with E-state index >= 15 is 0 Å². The highest BCUT2D eigenvalue weighted by molar-refractivity contribution is 5.77. The zero-order valence-electron chi connectivity index (χ0n) is 15.2. The Morgan fingerprint density at radius 1 is 1.27 bits per heavy atom. The SMILES string of the molecule is CC.CC.CC(=O)C(C)C[C@H]1CCC2OC3COC[C@@]2(C3)O1.[HH]. The zero-order chi connectivity index (χ0) is 16.8. The van der Waals surface area contributed by atoms with Crippen LogP contribution in [-0.4, -0.2) is 42.9 Å². The molecule has 0 aromatic carbocycles. The fraction of sp³-hybridized carbons (Fsp3) is 0.944. The van der Waals surface area contributed by atoms with Crippen molar-refractivity contribution in [2.45, 2.75) is 91.1 Å². The molecule has 1 spiro atoms. The molecule has 3 aliphatic heterocycles. The molecule has 0 N–H and O–H groups in total. The van der Waals surface area contributed by atoms with Crippen molar-refractivity contribution in [3.05, 3.63) is 0 Å². The summed E-state index contributed by atoms with van der Waals surface area (Å²) in [5.41, 5.74) is -0.220. The quantitative estimate of drug-likeness (QED) is 0.789. The number of hydrogen-bond acceptors (Lipinski definition) is 4. The first-order chi connectivity index (χ1) is 10.6. The Bertz CT molecular complexity index is 350. The van der Waals surface area contributed by atoms with Crippen LogP contribution in [0.15, 0.2) is 0 Å². The highest BCUT2D eigenvalue weighted by atomic mass is 16.6. The second-order valence-corrected chi connectivity index (χ2v) is 6.10. The minimum Gasteiger partial charge on any atom is -0.376 e. The van der Waals surface area contributed by atoms with Crippen LogP contribution in [0.4, 0.5) is 0 Å². The third-order valence-electron chi connectivity index (χ3n) is 4.63. The van der Waals surface area contributed by atoms with Crippen LogP contribution in [0.5, 0.6) is 0 Å². The molecular weight excluding hydrogens is 280 g/mol. The van der Waals surface area contributed by atoms with E-state index in [1.165, 1.54) is 0 Å². The van der Waals surface area contributed by atoms with E-state index < -0.39 is 0 Å². The van der Waals surface area contributed by atoms with Gasteiger partial charge < -0.3 is 14.2 Å². The molecule has 3 unspecified atom stereocenters. The Hall–Kier alpha value is -0.450. The highest BCUT2D eigenvalue weighted by Gasteiger charge is 2.55. The lowest BCUT2D eigenvalue weighted by Gasteiger charge is -2.42. The number of carbonyl (C=O) groups is 1. The van der Waals surface area contributed by atoms with Gasteiger partial charge in [0.2, 0.25) is 0 Å². The van der Waals surface area contributed by atoms with E-state index in [9.17, 15) is 4.79 Å². The number of hydrogen-bond donors (Lipinski definition) is 0. The first-order valence-corrected chi connectivity index (χ1v) is 9.00. The van der Waals surface area contributed by atoms with Crippen molar-refractivity contribution in [3.63, 3.8) is 0 Å². The number of ether oxygens (including phenoxy) is 3. The van der Waals surface area contributed by atoms with Crippen molar-refractivity contribution in [1.29, 1.82) is 0 Å². The Morgan fingerprint density at radius 3 is 2.59 bits per heavy atom. The number of ketones is 1. The van der Waals surface area contributed by atoms with Gasteiger partial charge in [-0.15, -0.1) is 0 Å². The van der Waals surface area contributed by atoms with E-state index in [1.807, 2.05) is 34.6 Å². The Morgan fingerprint density at radius 2 is 1.95 bits per heavy atom.